The van der Waals surface area contributed by atoms with Crippen molar-refractivity contribution in [2.24, 2.45) is 0 Å². The minimum absolute atomic E-state index is 0.164. The Kier molecular flexibility index (Phi) is 6.54. The lowest BCUT2D eigenvalue weighted by Gasteiger charge is -2.09. The first kappa shape index (κ1) is 18.9. The number of hydrogen-bond acceptors (Lipinski definition) is 5. The number of amides is 2. The minimum atomic E-state index is -0.845. The number of carbonyl (C=O) groups is 2. The number of benzene rings is 1. The Balaban J connectivity index is 1.92. The molecule has 134 valence electrons. The van der Waals surface area contributed by atoms with Crippen LogP contribution in [0.3, 0.4) is 0 Å². The van der Waals surface area contributed by atoms with E-state index >= 15 is 0 Å². The Morgan fingerprint density at radius 3 is 2.48 bits per heavy atom. The second-order valence-electron chi connectivity index (χ2n) is 5.56. The van der Waals surface area contributed by atoms with Crippen molar-refractivity contribution in [2.75, 3.05) is 32.5 Å². The number of rotatable bonds is 7. The maximum Gasteiger partial charge on any atom is 0.270 e. The van der Waals surface area contributed by atoms with Gasteiger partial charge in [0.2, 0.25) is 0 Å². The summed E-state index contributed by atoms with van der Waals surface area (Å²) in [4.78, 5) is 30.0. The monoisotopic (exact) mass is 368 g/mol. The highest BCUT2D eigenvalue weighted by molar-refractivity contribution is 7.14. The minimum Gasteiger partial charge on any atom is -0.351 e. The standard InChI is InChI=1S/C16H18F2N4O2S/c1-22(2)5-3-4-19-15(24)13-9-25-16(20-13)21-14(23)10-6-11(17)8-12(18)7-10/h6-9H,3-5H2,1-2H3,(H,19,24)(H,20,21,23). The number of halogens is 2. The summed E-state index contributed by atoms with van der Waals surface area (Å²) in [6.07, 6.45) is 0.803. The van der Waals surface area contributed by atoms with Crippen molar-refractivity contribution in [3.8, 4) is 0 Å². The van der Waals surface area contributed by atoms with Gasteiger partial charge in [0.1, 0.15) is 17.3 Å². The smallest absolute Gasteiger partial charge is 0.270 e. The summed E-state index contributed by atoms with van der Waals surface area (Å²) in [5.74, 6) is -2.73. The van der Waals surface area contributed by atoms with E-state index in [1.54, 1.807) is 0 Å². The first-order valence-corrected chi connectivity index (χ1v) is 8.39. The number of carbonyl (C=O) groups excluding carboxylic acids is 2. The second kappa shape index (κ2) is 8.63. The zero-order chi connectivity index (χ0) is 18.4. The number of nitrogens with one attached hydrogen (secondary N) is 2. The summed E-state index contributed by atoms with van der Waals surface area (Å²) < 4.78 is 26.3. The highest BCUT2D eigenvalue weighted by atomic mass is 32.1. The Hall–Kier alpha value is -2.39. The second-order valence-corrected chi connectivity index (χ2v) is 6.42. The van der Waals surface area contributed by atoms with Gasteiger partial charge in [-0.15, -0.1) is 11.3 Å². The van der Waals surface area contributed by atoms with Crippen LogP contribution in [0.4, 0.5) is 13.9 Å². The van der Waals surface area contributed by atoms with E-state index in [2.05, 4.69) is 15.6 Å². The molecule has 6 nitrogen and oxygen atoms in total. The molecular formula is C16H18F2N4O2S. The van der Waals surface area contributed by atoms with E-state index in [1.807, 2.05) is 19.0 Å². The number of nitrogens with zero attached hydrogens (tertiary/aromatic N) is 2. The number of hydrogen-bond donors (Lipinski definition) is 2. The highest BCUT2D eigenvalue weighted by Crippen LogP contribution is 2.17. The first-order chi connectivity index (χ1) is 11.8. The predicted molar refractivity (Wildman–Crippen MR) is 91.9 cm³/mol. The predicted octanol–water partition coefficient (Wildman–Crippen LogP) is 2.36. The van der Waals surface area contributed by atoms with Gasteiger partial charge in [-0.1, -0.05) is 0 Å². The zero-order valence-corrected chi connectivity index (χ0v) is 14.6. The topological polar surface area (TPSA) is 74.3 Å². The molecule has 0 atom stereocenters. The van der Waals surface area contributed by atoms with Crippen molar-refractivity contribution >= 4 is 28.3 Å². The Labute approximate surface area is 147 Å². The van der Waals surface area contributed by atoms with Crippen LogP contribution < -0.4 is 10.6 Å². The van der Waals surface area contributed by atoms with Crippen LogP contribution in [-0.2, 0) is 0 Å². The lowest BCUT2D eigenvalue weighted by molar-refractivity contribution is 0.0946. The summed E-state index contributed by atoms with van der Waals surface area (Å²) in [6, 6.07) is 2.52. The number of thiazole rings is 1. The van der Waals surface area contributed by atoms with Gasteiger partial charge in [0.05, 0.1) is 0 Å². The van der Waals surface area contributed by atoms with E-state index in [1.165, 1.54) is 5.38 Å². The van der Waals surface area contributed by atoms with Gasteiger partial charge < -0.3 is 10.2 Å². The molecule has 0 fully saturated rings. The SMILES string of the molecule is CN(C)CCCNC(=O)c1csc(NC(=O)c2cc(F)cc(F)c2)n1. The van der Waals surface area contributed by atoms with Gasteiger partial charge in [0.25, 0.3) is 11.8 Å². The van der Waals surface area contributed by atoms with Crippen molar-refractivity contribution in [3.05, 3.63) is 46.5 Å². The molecule has 0 unspecified atom stereocenters. The molecule has 9 heteroatoms. The molecule has 25 heavy (non-hydrogen) atoms. The third kappa shape index (κ3) is 5.87. The summed E-state index contributed by atoms with van der Waals surface area (Å²) in [5.41, 5.74) is 0.0120. The van der Waals surface area contributed by atoms with Gasteiger partial charge in [0, 0.05) is 23.6 Å². The van der Waals surface area contributed by atoms with E-state index in [0.29, 0.717) is 12.6 Å². The third-order valence-corrected chi connectivity index (χ3v) is 3.91. The molecule has 0 radical (unpaired) electrons. The van der Waals surface area contributed by atoms with Crippen LogP contribution in [0.5, 0.6) is 0 Å². The fourth-order valence-electron chi connectivity index (χ4n) is 1.98. The lowest BCUT2D eigenvalue weighted by Crippen LogP contribution is -2.27. The molecule has 0 aliphatic carbocycles. The van der Waals surface area contributed by atoms with Crippen molar-refractivity contribution in [1.29, 1.82) is 0 Å². The van der Waals surface area contributed by atoms with Crippen molar-refractivity contribution in [1.82, 2.24) is 15.2 Å². The maximum absolute atomic E-state index is 13.1. The molecule has 1 aromatic heterocycles. The van der Waals surface area contributed by atoms with E-state index in [0.717, 1.165) is 36.4 Å². The van der Waals surface area contributed by atoms with Gasteiger partial charge in [0.15, 0.2) is 5.13 Å². The number of anilines is 1. The van der Waals surface area contributed by atoms with Crippen molar-refractivity contribution in [3.63, 3.8) is 0 Å². The van der Waals surface area contributed by atoms with Crippen LogP contribution in [0.2, 0.25) is 0 Å². The third-order valence-electron chi connectivity index (χ3n) is 3.15. The quantitative estimate of drug-likeness (QED) is 0.736. The molecule has 2 N–H and O–H groups in total. The first-order valence-electron chi connectivity index (χ1n) is 7.51. The van der Waals surface area contributed by atoms with Crippen LogP contribution in [0.25, 0.3) is 0 Å². The van der Waals surface area contributed by atoms with Crippen LogP contribution in [0, 0.1) is 11.6 Å². The van der Waals surface area contributed by atoms with Crippen LogP contribution in [0.1, 0.15) is 27.3 Å². The summed E-state index contributed by atoms with van der Waals surface area (Å²) in [5, 5.41) is 6.83. The average molecular weight is 368 g/mol. The highest BCUT2D eigenvalue weighted by Gasteiger charge is 2.14. The van der Waals surface area contributed by atoms with Crippen LogP contribution in [0.15, 0.2) is 23.6 Å². The molecule has 2 aromatic rings. The summed E-state index contributed by atoms with van der Waals surface area (Å²) in [6.45, 7) is 1.36. The van der Waals surface area contributed by atoms with Gasteiger partial charge in [-0.25, -0.2) is 13.8 Å². The van der Waals surface area contributed by atoms with E-state index in [-0.39, 0.29) is 22.3 Å². The molecular weight excluding hydrogens is 350 g/mol. The average Bonchev–Trinajstić information content (AvgIpc) is 2.98. The summed E-state index contributed by atoms with van der Waals surface area (Å²) >= 11 is 1.05. The Bertz CT molecular complexity index is 744. The van der Waals surface area contributed by atoms with Gasteiger partial charge in [-0.2, -0.15) is 0 Å². The maximum atomic E-state index is 13.1. The van der Waals surface area contributed by atoms with Crippen molar-refractivity contribution in [2.45, 2.75) is 6.42 Å². The van der Waals surface area contributed by atoms with Crippen LogP contribution in [-0.4, -0.2) is 48.9 Å². The van der Waals surface area contributed by atoms with Crippen LogP contribution >= 0.6 is 11.3 Å². The normalized spacial score (nSPS) is 10.8. The molecule has 0 saturated carbocycles. The molecule has 2 amide bonds. The molecule has 0 aliphatic heterocycles. The molecule has 0 bridgehead atoms. The van der Waals surface area contributed by atoms with Crippen molar-refractivity contribution < 1.29 is 18.4 Å². The number of aromatic nitrogens is 1. The summed E-state index contributed by atoms with van der Waals surface area (Å²) in [7, 11) is 3.89. The fraction of sp³-hybridized carbons (Fsp3) is 0.312. The fourth-order valence-corrected chi connectivity index (χ4v) is 2.66. The van der Waals surface area contributed by atoms with Gasteiger partial charge in [-0.05, 0) is 39.2 Å². The van der Waals surface area contributed by atoms with E-state index < -0.39 is 17.5 Å². The molecule has 2 rings (SSSR count). The molecule has 1 heterocycles. The molecule has 0 spiro atoms. The zero-order valence-electron chi connectivity index (χ0n) is 13.8. The molecule has 1 aromatic carbocycles. The van der Waals surface area contributed by atoms with Gasteiger partial charge in [-0.3, -0.25) is 14.9 Å². The lowest BCUT2D eigenvalue weighted by atomic mass is 10.2. The van der Waals surface area contributed by atoms with E-state index in [4.69, 9.17) is 0 Å². The van der Waals surface area contributed by atoms with E-state index in [9.17, 15) is 18.4 Å². The molecule has 0 saturated heterocycles. The van der Waals surface area contributed by atoms with Gasteiger partial charge >= 0.3 is 0 Å². The Morgan fingerprint density at radius 2 is 1.84 bits per heavy atom. The Morgan fingerprint density at radius 1 is 1.16 bits per heavy atom. The largest absolute Gasteiger partial charge is 0.351 e. The molecule has 0 aliphatic rings.